The normalized spacial score (nSPS) is 10.6. The third-order valence-electron chi connectivity index (χ3n) is 2.23. The largest absolute Gasteiger partial charge is 0.293 e. The first kappa shape index (κ1) is 10.1. The van der Waals surface area contributed by atoms with E-state index >= 15 is 0 Å². The second kappa shape index (κ2) is 3.59. The summed E-state index contributed by atoms with van der Waals surface area (Å²) in [5.74, 6) is -0.102. The summed E-state index contributed by atoms with van der Waals surface area (Å²) in [5, 5.41) is 0.869. The molecule has 0 aliphatic carbocycles. The van der Waals surface area contributed by atoms with Gasteiger partial charge in [-0.3, -0.25) is 4.79 Å². The van der Waals surface area contributed by atoms with E-state index in [4.69, 9.17) is 11.6 Å². The van der Waals surface area contributed by atoms with Crippen molar-refractivity contribution in [1.82, 2.24) is 9.97 Å². The molecule has 1 aromatic heterocycles. The average molecular weight is 221 g/mol. The third-order valence-corrected chi connectivity index (χ3v) is 2.40. The van der Waals surface area contributed by atoms with E-state index in [1.54, 1.807) is 0 Å². The van der Waals surface area contributed by atoms with Gasteiger partial charge in [0, 0.05) is 12.3 Å². The van der Waals surface area contributed by atoms with Crippen LogP contribution in [0.3, 0.4) is 0 Å². The molecular weight excluding hydrogens is 212 g/mol. The maximum atomic E-state index is 11.4. The van der Waals surface area contributed by atoms with Gasteiger partial charge in [-0.15, -0.1) is 0 Å². The number of aryl methyl sites for hydroxylation is 1. The fourth-order valence-corrected chi connectivity index (χ4v) is 1.71. The Morgan fingerprint density at radius 2 is 2.07 bits per heavy atom. The number of halogens is 1. The lowest BCUT2D eigenvalue weighted by Gasteiger charge is -2.04. The predicted octanol–water partition coefficient (Wildman–Crippen LogP) is 2.79. The Hall–Kier alpha value is -1.48. The topological polar surface area (TPSA) is 42.9 Å². The van der Waals surface area contributed by atoms with Crippen molar-refractivity contribution >= 4 is 28.3 Å². The molecule has 76 valence electrons. The molecule has 1 aromatic carbocycles. The highest BCUT2D eigenvalue weighted by molar-refractivity contribution is 6.29. The summed E-state index contributed by atoms with van der Waals surface area (Å²) in [5.41, 5.74) is 2.11. The van der Waals surface area contributed by atoms with Crippen molar-refractivity contribution in [3.05, 3.63) is 34.7 Å². The van der Waals surface area contributed by atoms with Crippen LogP contribution in [0.2, 0.25) is 5.28 Å². The summed E-state index contributed by atoms with van der Waals surface area (Å²) in [4.78, 5) is 19.4. The van der Waals surface area contributed by atoms with Crippen molar-refractivity contribution in [3.8, 4) is 0 Å². The summed E-state index contributed by atoms with van der Waals surface area (Å²) in [7, 11) is 0. The molecular formula is C11H9ClN2O. The van der Waals surface area contributed by atoms with Crippen molar-refractivity contribution in [3.63, 3.8) is 0 Å². The molecule has 0 unspecified atom stereocenters. The molecule has 0 bridgehead atoms. The van der Waals surface area contributed by atoms with Crippen LogP contribution in [0.15, 0.2) is 18.2 Å². The fraction of sp³-hybridized carbons (Fsp3) is 0.182. The lowest BCUT2D eigenvalue weighted by Crippen LogP contribution is -2.01. The first-order chi connectivity index (χ1) is 7.09. The Balaban J connectivity index is 2.92. The molecule has 0 saturated carbocycles. The number of carbonyl (C=O) groups excluding carboxylic acids is 1. The lowest BCUT2D eigenvalue weighted by atomic mass is 10.1. The molecule has 0 saturated heterocycles. The number of nitrogens with zero attached hydrogens (tertiary/aromatic N) is 2. The van der Waals surface area contributed by atoms with E-state index in [0.29, 0.717) is 5.69 Å². The smallest absolute Gasteiger partial charge is 0.223 e. The molecule has 2 aromatic rings. The van der Waals surface area contributed by atoms with Gasteiger partial charge in [-0.1, -0.05) is 18.2 Å². The van der Waals surface area contributed by atoms with Gasteiger partial charge in [-0.2, -0.15) is 0 Å². The molecule has 0 radical (unpaired) electrons. The maximum Gasteiger partial charge on any atom is 0.223 e. The molecule has 15 heavy (non-hydrogen) atoms. The highest BCUT2D eigenvalue weighted by atomic mass is 35.5. The first-order valence-electron chi connectivity index (χ1n) is 4.53. The molecule has 0 atom stereocenters. The molecule has 1 heterocycles. The maximum absolute atomic E-state index is 11.4. The minimum atomic E-state index is -0.102. The van der Waals surface area contributed by atoms with Gasteiger partial charge in [0.2, 0.25) is 5.28 Å². The highest BCUT2D eigenvalue weighted by Crippen LogP contribution is 2.21. The average Bonchev–Trinajstić information content (AvgIpc) is 2.18. The number of rotatable bonds is 1. The number of hydrogen-bond donors (Lipinski definition) is 0. The zero-order chi connectivity index (χ0) is 11.0. The van der Waals surface area contributed by atoms with E-state index in [1.165, 1.54) is 6.92 Å². The second-order valence-electron chi connectivity index (χ2n) is 3.37. The van der Waals surface area contributed by atoms with Gasteiger partial charge >= 0.3 is 0 Å². The number of carbonyl (C=O) groups is 1. The van der Waals surface area contributed by atoms with E-state index in [9.17, 15) is 4.79 Å². The van der Waals surface area contributed by atoms with Crippen LogP contribution >= 0.6 is 11.6 Å². The highest BCUT2D eigenvalue weighted by Gasteiger charge is 2.11. The summed E-state index contributed by atoms with van der Waals surface area (Å²) in [6, 6.07) is 5.63. The van der Waals surface area contributed by atoms with Crippen LogP contribution < -0.4 is 0 Å². The minimum absolute atomic E-state index is 0.102. The summed E-state index contributed by atoms with van der Waals surface area (Å²) in [6.45, 7) is 3.40. The molecule has 0 aliphatic rings. The Labute approximate surface area is 92.1 Å². The van der Waals surface area contributed by atoms with E-state index in [1.807, 2.05) is 25.1 Å². The van der Waals surface area contributed by atoms with Crippen LogP contribution in [0, 0.1) is 6.92 Å². The number of fused-ring (bicyclic) bond motifs is 1. The van der Waals surface area contributed by atoms with Crippen molar-refractivity contribution in [2.75, 3.05) is 0 Å². The van der Waals surface area contributed by atoms with Crippen LogP contribution in [0.4, 0.5) is 0 Å². The van der Waals surface area contributed by atoms with E-state index < -0.39 is 0 Å². The fourth-order valence-electron chi connectivity index (χ4n) is 1.54. The van der Waals surface area contributed by atoms with Crippen LogP contribution in [0.25, 0.3) is 10.9 Å². The molecule has 3 nitrogen and oxygen atoms in total. The van der Waals surface area contributed by atoms with E-state index in [2.05, 4.69) is 9.97 Å². The molecule has 0 spiro atoms. The lowest BCUT2D eigenvalue weighted by molar-refractivity contribution is 0.101. The number of para-hydroxylation sites is 1. The van der Waals surface area contributed by atoms with Gasteiger partial charge in [-0.25, -0.2) is 9.97 Å². The number of hydrogen-bond acceptors (Lipinski definition) is 3. The monoisotopic (exact) mass is 220 g/mol. The standard InChI is InChI=1S/C11H9ClN2O/c1-6-4-3-5-8-9(6)13-11(12)14-10(8)7(2)15/h3-5H,1-2H3. The van der Waals surface area contributed by atoms with Gasteiger partial charge in [0.25, 0.3) is 0 Å². The van der Waals surface area contributed by atoms with Crippen LogP contribution in [-0.4, -0.2) is 15.8 Å². The number of Topliss-reactive ketones (excluding diaryl/α,β-unsaturated/α-hetero) is 1. The van der Waals surface area contributed by atoms with Gasteiger partial charge in [-0.05, 0) is 24.1 Å². The third kappa shape index (κ3) is 1.70. The van der Waals surface area contributed by atoms with Crippen molar-refractivity contribution < 1.29 is 4.79 Å². The van der Waals surface area contributed by atoms with Crippen LogP contribution in [-0.2, 0) is 0 Å². The van der Waals surface area contributed by atoms with Crippen molar-refractivity contribution in [2.45, 2.75) is 13.8 Å². The SMILES string of the molecule is CC(=O)c1nc(Cl)nc2c(C)cccc12. The van der Waals surface area contributed by atoms with Gasteiger partial charge in [0.1, 0.15) is 5.69 Å². The quantitative estimate of drug-likeness (QED) is 0.548. The van der Waals surface area contributed by atoms with E-state index in [-0.39, 0.29) is 11.1 Å². The summed E-state index contributed by atoms with van der Waals surface area (Å²) >= 11 is 5.77. The Bertz CT molecular complexity index is 552. The Morgan fingerprint density at radius 3 is 2.73 bits per heavy atom. The molecule has 0 amide bonds. The zero-order valence-electron chi connectivity index (χ0n) is 8.41. The van der Waals surface area contributed by atoms with Gasteiger partial charge in [0.15, 0.2) is 5.78 Å². The molecule has 0 fully saturated rings. The van der Waals surface area contributed by atoms with Crippen molar-refractivity contribution in [2.24, 2.45) is 0 Å². The molecule has 2 rings (SSSR count). The minimum Gasteiger partial charge on any atom is -0.293 e. The molecule has 0 aliphatic heterocycles. The summed E-state index contributed by atoms with van der Waals surface area (Å²) in [6.07, 6.45) is 0. The molecule has 0 N–H and O–H groups in total. The van der Waals surface area contributed by atoms with Crippen LogP contribution in [0.5, 0.6) is 0 Å². The van der Waals surface area contributed by atoms with E-state index in [0.717, 1.165) is 16.5 Å². The van der Waals surface area contributed by atoms with Crippen molar-refractivity contribution in [1.29, 1.82) is 0 Å². The second-order valence-corrected chi connectivity index (χ2v) is 3.71. The Morgan fingerprint density at radius 1 is 1.33 bits per heavy atom. The van der Waals surface area contributed by atoms with Gasteiger partial charge < -0.3 is 0 Å². The predicted molar refractivity (Wildman–Crippen MR) is 59.3 cm³/mol. The summed E-state index contributed by atoms with van der Waals surface area (Å²) < 4.78 is 0. The number of benzene rings is 1. The van der Waals surface area contributed by atoms with Gasteiger partial charge in [0.05, 0.1) is 5.52 Å². The Kier molecular flexibility index (Phi) is 2.40. The van der Waals surface area contributed by atoms with Crippen LogP contribution in [0.1, 0.15) is 23.0 Å². The number of aromatic nitrogens is 2. The zero-order valence-corrected chi connectivity index (χ0v) is 9.17. The first-order valence-corrected chi connectivity index (χ1v) is 4.91. The molecule has 4 heteroatoms. The number of ketones is 1.